The topological polar surface area (TPSA) is 127 Å². The number of sulfonamides is 1. The largest absolute Gasteiger partial charge is 0.481 e. The Morgan fingerprint density at radius 1 is 1.45 bits per heavy atom. The molecule has 0 fully saturated rings. The van der Waals surface area contributed by atoms with Crippen LogP contribution in [-0.4, -0.2) is 30.0 Å². The van der Waals surface area contributed by atoms with Crippen molar-refractivity contribution in [2.24, 2.45) is 0 Å². The Kier molecular flexibility index (Phi) is 5.49. The first kappa shape index (κ1) is 18.3. The van der Waals surface area contributed by atoms with Crippen LogP contribution in [0.2, 0.25) is 5.02 Å². The summed E-state index contributed by atoms with van der Waals surface area (Å²) in [6, 6.07) is 3.02. The standard InChI is InChI=1S/C12H15ClN2O6S/c1-12(2,6-5-11(16)17)14-22(20,21)10-4-3-8(15(18)19)7-9(10)13/h3-4,7,14H,5-6H2,1-2H3,(H,16,17). The molecule has 0 radical (unpaired) electrons. The highest BCUT2D eigenvalue weighted by atomic mass is 35.5. The van der Waals surface area contributed by atoms with Gasteiger partial charge in [0, 0.05) is 24.1 Å². The van der Waals surface area contributed by atoms with Crippen molar-refractivity contribution in [1.29, 1.82) is 0 Å². The zero-order chi connectivity index (χ0) is 17.1. The molecule has 0 atom stereocenters. The van der Waals surface area contributed by atoms with Crippen LogP contribution in [0, 0.1) is 10.1 Å². The van der Waals surface area contributed by atoms with E-state index in [1.54, 1.807) is 0 Å². The van der Waals surface area contributed by atoms with E-state index in [0.717, 1.165) is 18.2 Å². The van der Waals surface area contributed by atoms with Gasteiger partial charge in [-0.2, -0.15) is 0 Å². The number of aliphatic carboxylic acids is 1. The van der Waals surface area contributed by atoms with Gasteiger partial charge >= 0.3 is 5.97 Å². The number of rotatable bonds is 7. The molecule has 0 saturated heterocycles. The van der Waals surface area contributed by atoms with E-state index in [-0.39, 0.29) is 28.4 Å². The summed E-state index contributed by atoms with van der Waals surface area (Å²) in [4.78, 5) is 20.2. The van der Waals surface area contributed by atoms with E-state index >= 15 is 0 Å². The highest BCUT2D eigenvalue weighted by Crippen LogP contribution is 2.27. The summed E-state index contributed by atoms with van der Waals surface area (Å²) in [5, 5.41) is 19.0. The predicted molar refractivity (Wildman–Crippen MR) is 79.4 cm³/mol. The Labute approximate surface area is 132 Å². The number of nitro benzene ring substituents is 1. The minimum absolute atomic E-state index is 0.0756. The van der Waals surface area contributed by atoms with Gasteiger partial charge in [-0.15, -0.1) is 0 Å². The SMILES string of the molecule is CC(C)(CCC(=O)O)NS(=O)(=O)c1ccc([N+](=O)[O-])cc1Cl. The van der Waals surface area contributed by atoms with Gasteiger partial charge in [-0.05, 0) is 26.3 Å². The Morgan fingerprint density at radius 3 is 2.50 bits per heavy atom. The second kappa shape index (κ2) is 6.59. The Bertz CT molecular complexity index is 702. The molecule has 0 aromatic heterocycles. The molecule has 2 N–H and O–H groups in total. The maximum absolute atomic E-state index is 12.3. The lowest BCUT2D eigenvalue weighted by Gasteiger charge is -2.25. The molecule has 22 heavy (non-hydrogen) atoms. The number of non-ortho nitro benzene ring substituents is 1. The number of hydrogen-bond donors (Lipinski definition) is 2. The number of nitro groups is 1. The smallest absolute Gasteiger partial charge is 0.303 e. The summed E-state index contributed by atoms with van der Waals surface area (Å²) >= 11 is 5.80. The summed E-state index contributed by atoms with van der Waals surface area (Å²) < 4.78 is 26.9. The van der Waals surface area contributed by atoms with E-state index < -0.39 is 26.5 Å². The zero-order valence-electron chi connectivity index (χ0n) is 11.9. The van der Waals surface area contributed by atoms with E-state index in [1.165, 1.54) is 13.8 Å². The van der Waals surface area contributed by atoms with E-state index in [1.807, 2.05) is 0 Å². The molecule has 8 nitrogen and oxygen atoms in total. The fourth-order valence-electron chi connectivity index (χ4n) is 1.71. The van der Waals surface area contributed by atoms with Gasteiger partial charge in [0.2, 0.25) is 10.0 Å². The van der Waals surface area contributed by atoms with E-state index in [0.29, 0.717) is 0 Å². The van der Waals surface area contributed by atoms with Gasteiger partial charge in [0.25, 0.3) is 5.69 Å². The number of benzene rings is 1. The Hall–Kier alpha value is -1.71. The highest BCUT2D eigenvalue weighted by molar-refractivity contribution is 7.89. The predicted octanol–water partition coefficient (Wildman–Crippen LogP) is 2.17. The van der Waals surface area contributed by atoms with Crippen molar-refractivity contribution in [2.45, 2.75) is 37.1 Å². The van der Waals surface area contributed by atoms with Crippen LogP contribution < -0.4 is 4.72 Å². The molecule has 0 unspecified atom stereocenters. The van der Waals surface area contributed by atoms with Crippen LogP contribution in [0.15, 0.2) is 23.1 Å². The number of nitrogens with zero attached hydrogens (tertiary/aromatic N) is 1. The fourth-order valence-corrected chi connectivity index (χ4v) is 3.69. The van der Waals surface area contributed by atoms with E-state index in [9.17, 15) is 23.3 Å². The van der Waals surface area contributed by atoms with Gasteiger partial charge in [-0.1, -0.05) is 11.6 Å². The van der Waals surface area contributed by atoms with Crippen LogP contribution in [-0.2, 0) is 14.8 Å². The van der Waals surface area contributed by atoms with Crippen molar-refractivity contribution >= 4 is 33.3 Å². The molecule has 122 valence electrons. The van der Waals surface area contributed by atoms with E-state index in [4.69, 9.17) is 16.7 Å². The third-order valence-corrected chi connectivity index (χ3v) is 4.97. The van der Waals surface area contributed by atoms with Crippen LogP contribution in [0.1, 0.15) is 26.7 Å². The minimum atomic E-state index is -4.04. The second-order valence-electron chi connectivity index (χ2n) is 5.25. The molecule has 1 rings (SSSR count). The van der Waals surface area contributed by atoms with Gasteiger partial charge in [-0.25, -0.2) is 13.1 Å². The van der Waals surface area contributed by atoms with Gasteiger partial charge in [0.15, 0.2) is 0 Å². The lowest BCUT2D eigenvalue weighted by atomic mass is 10.0. The number of nitrogens with one attached hydrogen (secondary N) is 1. The number of carboxylic acids is 1. The minimum Gasteiger partial charge on any atom is -0.481 e. The van der Waals surface area contributed by atoms with E-state index in [2.05, 4.69) is 4.72 Å². The molecular formula is C12H15ClN2O6S. The number of hydrogen-bond acceptors (Lipinski definition) is 5. The molecule has 1 aromatic rings. The van der Waals surface area contributed by atoms with Gasteiger partial charge in [0.1, 0.15) is 4.90 Å². The van der Waals surface area contributed by atoms with Crippen molar-refractivity contribution in [3.63, 3.8) is 0 Å². The van der Waals surface area contributed by atoms with Gasteiger partial charge in [-0.3, -0.25) is 14.9 Å². The molecule has 1 aromatic carbocycles. The van der Waals surface area contributed by atoms with Crippen molar-refractivity contribution in [1.82, 2.24) is 4.72 Å². The molecule has 0 aliphatic carbocycles. The average molecular weight is 351 g/mol. The van der Waals surface area contributed by atoms with Crippen LogP contribution >= 0.6 is 11.6 Å². The molecule has 10 heteroatoms. The first-order valence-corrected chi connectivity index (χ1v) is 8.00. The lowest BCUT2D eigenvalue weighted by Crippen LogP contribution is -2.43. The quantitative estimate of drug-likeness (QED) is 0.573. The lowest BCUT2D eigenvalue weighted by molar-refractivity contribution is -0.384. The maximum Gasteiger partial charge on any atom is 0.303 e. The van der Waals surface area contributed by atoms with Crippen molar-refractivity contribution in [3.8, 4) is 0 Å². The summed E-state index contributed by atoms with van der Waals surface area (Å²) in [5.41, 5.74) is -1.34. The van der Waals surface area contributed by atoms with Crippen molar-refractivity contribution in [3.05, 3.63) is 33.3 Å². The molecule has 0 aliphatic rings. The van der Waals surface area contributed by atoms with Crippen molar-refractivity contribution in [2.75, 3.05) is 0 Å². The molecule has 0 heterocycles. The molecule has 0 amide bonds. The van der Waals surface area contributed by atoms with Crippen LogP contribution in [0.3, 0.4) is 0 Å². The number of carboxylic acid groups (broad SMARTS) is 1. The average Bonchev–Trinajstić information content (AvgIpc) is 2.34. The summed E-state index contributed by atoms with van der Waals surface area (Å²) in [7, 11) is -4.04. The Morgan fingerprint density at radius 2 is 2.05 bits per heavy atom. The number of carbonyl (C=O) groups is 1. The third-order valence-electron chi connectivity index (χ3n) is 2.79. The second-order valence-corrected chi connectivity index (χ2v) is 7.31. The van der Waals surface area contributed by atoms with Crippen LogP contribution in [0.5, 0.6) is 0 Å². The fraction of sp³-hybridized carbons (Fsp3) is 0.417. The summed E-state index contributed by atoms with van der Waals surface area (Å²) in [6.07, 6.45) is -0.129. The molecule has 0 spiro atoms. The first-order chi connectivity index (χ1) is 9.94. The monoisotopic (exact) mass is 350 g/mol. The normalized spacial score (nSPS) is 12.1. The van der Waals surface area contributed by atoms with Crippen molar-refractivity contribution < 1.29 is 23.2 Å². The first-order valence-electron chi connectivity index (χ1n) is 6.14. The highest BCUT2D eigenvalue weighted by Gasteiger charge is 2.29. The summed E-state index contributed by atoms with van der Waals surface area (Å²) in [5.74, 6) is -1.04. The van der Waals surface area contributed by atoms with Crippen LogP contribution in [0.4, 0.5) is 5.69 Å². The summed E-state index contributed by atoms with van der Waals surface area (Å²) in [6.45, 7) is 3.07. The third kappa shape index (κ3) is 4.93. The maximum atomic E-state index is 12.3. The molecule has 0 aliphatic heterocycles. The molecule has 0 bridgehead atoms. The molecular weight excluding hydrogens is 336 g/mol. The Balaban J connectivity index is 3.04. The van der Waals surface area contributed by atoms with Crippen LogP contribution in [0.25, 0.3) is 0 Å². The number of halogens is 1. The zero-order valence-corrected chi connectivity index (χ0v) is 13.4. The van der Waals surface area contributed by atoms with Gasteiger partial charge in [0.05, 0.1) is 9.95 Å². The molecule has 0 saturated carbocycles. The van der Waals surface area contributed by atoms with Gasteiger partial charge < -0.3 is 5.11 Å².